The first-order valence-electron chi connectivity index (χ1n) is 8.98. The van der Waals surface area contributed by atoms with Gasteiger partial charge in [-0.05, 0) is 24.6 Å². The van der Waals surface area contributed by atoms with Crippen molar-refractivity contribution in [2.45, 2.75) is 45.4 Å². The number of rotatable bonds is 9. The molecule has 0 radical (unpaired) electrons. The molecular weight excluding hydrogens is 364 g/mol. The predicted octanol–water partition coefficient (Wildman–Crippen LogP) is 3.13. The van der Waals surface area contributed by atoms with Crippen LogP contribution in [0.3, 0.4) is 0 Å². The molecule has 0 spiro atoms. The van der Waals surface area contributed by atoms with Crippen molar-refractivity contribution in [1.82, 2.24) is 10.1 Å². The van der Waals surface area contributed by atoms with Crippen LogP contribution in [0.4, 0.5) is 0 Å². The number of aryl methyl sites for hydroxylation is 1. The molecule has 0 aliphatic rings. The highest BCUT2D eigenvalue weighted by Crippen LogP contribution is 2.27. The fourth-order valence-corrected chi connectivity index (χ4v) is 2.36. The van der Waals surface area contributed by atoms with Gasteiger partial charge in [-0.1, -0.05) is 25.9 Å². The van der Waals surface area contributed by atoms with E-state index in [0.717, 1.165) is 0 Å². The summed E-state index contributed by atoms with van der Waals surface area (Å²) in [5.74, 6) is 1.30. The lowest BCUT2D eigenvalue weighted by Crippen LogP contribution is -2.14. The zero-order valence-electron chi connectivity index (χ0n) is 16.9. The number of benzene rings is 1. The van der Waals surface area contributed by atoms with E-state index in [1.807, 2.05) is 20.8 Å². The third-order valence-corrected chi connectivity index (χ3v) is 3.98. The number of hydrogen-bond donors (Lipinski definition) is 0. The number of ketones is 1. The van der Waals surface area contributed by atoms with Gasteiger partial charge in [-0.2, -0.15) is 4.98 Å². The first-order chi connectivity index (χ1) is 13.2. The van der Waals surface area contributed by atoms with Gasteiger partial charge in [0.25, 0.3) is 0 Å². The largest absolute Gasteiger partial charge is 0.493 e. The van der Waals surface area contributed by atoms with E-state index in [4.69, 9.17) is 18.7 Å². The summed E-state index contributed by atoms with van der Waals surface area (Å²) in [7, 11) is 3.00. The Morgan fingerprint density at radius 2 is 1.82 bits per heavy atom. The summed E-state index contributed by atoms with van der Waals surface area (Å²) < 4.78 is 20.5. The average Bonchev–Trinajstić information content (AvgIpc) is 3.15. The average molecular weight is 390 g/mol. The molecule has 1 heterocycles. The molecule has 0 N–H and O–H groups in total. The lowest BCUT2D eigenvalue weighted by atomic mass is 9.96. The Balaban J connectivity index is 1.78. The molecule has 1 aromatic carbocycles. The van der Waals surface area contributed by atoms with Gasteiger partial charge in [0.2, 0.25) is 5.89 Å². The van der Waals surface area contributed by atoms with Crippen molar-refractivity contribution in [2.24, 2.45) is 0 Å². The van der Waals surface area contributed by atoms with E-state index in [1.54, 1.807) is 18.2 Å². The van der Waals surface area contributed by atoms with Crippen molar-refractivity contribution in [1.29, 1.82) is 0 Å². The summed E-state index contributed by atoms with van der Waals surface area (Å²) in [5, 5.41) is 3.94. The van der Waals surface area contributed by atoms with Crippen LogP contribution >= 0.6 is 0 Å². The van der Waals surface area contributed by atoms with E-state index in [0.29, 0.717) is 41.6 Å². The molecule has 0 bridgehead atoms. The minimum atomic E-state index is -0.454. The summed E-state index contributed by atoms with van der Waals surface area (Å²) in [6, 6.07) is 4.78. The number of carbonyl (C=O) groups is 2. The summed E-state index contributed by atoms with van der Waals surface area (Å²) in [6.07, 6.45) is 1.13. The number of ether oxygens (including phenoxy) is 3. The molecule has 28 heavy (non-hydrogen) atoms. The number of methoxy groups -OCH3 is 2. The zero-order valence-corrected chi connectivity index (χ0v) is 16.9. The van der Waals surface area contributed by atoms with E-state index in [2.05, 4.69) is 10.1 Å². The second-order valence-electron chi connectivity index (χ2n) is 7.27. The molecule has 8 nitrogen and oxygen atoms in total. The predicted molar refractivity (Wildman–Crippen MR) is 101 cm³/mol. The normalized spacial score (nSPS) is 11.2. The Hall–Kier alpha value is -2.90. The molecule has 0 atom stereocenters. The molecule has 2 rings (SSSR count). The van der Waals surface area contributed by atoms with Crippen molar-refractivity contribution < 1.29 is 28.3 Å². The number of carbonyl (C=O) groups excluding carboxylic acids is 2. The van der Waals surface area contributed by atoms with Crippen LogP contribution < -0.4 is 9.47 Å². The van der Waals surface area contributed by atoms with Crippen LogP contribution in [0, 0.1) is 0 Å². The van der Waals surface area contributed by atoms with E-state index < -0.39 is 5.97 Å². The fourth-order valence-electron chi connectivity index (χ4n) is 2.36. The van der Waals surface area contributed by atoms with Gasteiger partial charge in [-0.3, -0.25) is 9.59 Å². The van der Waals surface area contributed by atoms with Gasteiger partial charge in [0.15, 0.2) is 29.7 Å². The molecule has 0 amide bonds. The van der Waals surface area contributed by atoms with Gasteiger partial charge in [0.05, 0.1) is 14.2 Å². The Labute approximate surface area is 164 Å². The number of Topliss-reactive ketones (excluding diaryl/α,β-unsaturated/α-hetero) is 1. The number of nitrogens with zero attached hydrogens (tertiary/aromatic N) is 2. The molecule has 1 aromatic heterocycles. The first kappa shape index (κ1) is 21.4. The van der Waals surface area contributed by atoms with Crippen LogP contribution in [0.5, 0.6) is 11.5 Å². The Morgan fingerprint density at radius 3 is 2.43 bits per heavy atom. The van der Waals surface area contributed by atoms with Crippen LogP contribution in [0.1, 0.15) is 55.7 Å². The molecule has 0 saturated heterocycles. The highest BCUT2D eigenvalue weighted by Gasteiger charge is 2.21. The van der Waals surface area contributed by atoms with Crippen LogP contribution in [0.2, 0.25) is 0 Å². The van der Waals surface area contributed by atoms with E-state index in [9.17, 15) is 9.59 Å². The minimum absolute atomic E-state index is 0.159. The van der Waals surface area contributed by atoms with Crippen molar-refractivity contribution in [2.75, 3.05) is 20.8 Å². The first-order valence-corrected chi connectivity index (χ1v) is 8.98. The van der Waals surface area contributed by atoms with Crippen molar-refractivity contribution >= 4 is 11.8 Å². The lowest BCUT2D eigenvalue weighted by molar-refractivity contribution is -0.142. The third kappa shape index (κ3) is 5.80. The minimum Gasteiger partial charge on any atom is -0.493 e. The quantitative estimate of drug-likeness (QED) is 0.475. The highest BCUT2D eigenvalue weighted by molar-refractivity contribution is 5.98. The van der Waals surface area contributed by atoms with Gasteiger partial charge in [-0.15, -0.1) is 0 Å². The van der Waals surface area contributed by atoms with Gasteiger partial charge in [0.1, 0.15) is 0 Å². The molecule has 2 aromatic rings. The Bertz CT molecular complexity index is 822. The lowest BCUT2D eigenvalue weighted by Gasteiger charge is -2.10. The van der Waals surface area contributed by atoms with E-state index in [-0.39, 0.29) is 24.2 Å². The van der Waals surface area contributed by atoms with Crippen molar-refractivity contribution in [3.63, 3.8) is 0 Å². The SMILES string of the molecule is COc1ccc(C(=O)COC(=O)CCCc2nc(C(C)(C)C)no2)cc1OC. The second kappa shape index (κ2) is 9.34. The third-order valence-electron chi connectivity index (χ3n) is 3.98. The summed E-state index contributed by atoms with van der Waals surface area (Å²) in [5.41, 5.74) is 0.191. The topological polar surface area (TPSA) is 101 Å². The summed E-state index contributed by atoms with van der Waals surface area (Å²) in [4.78, 5) is 28.4. The highest BCUT2D eigenvalue weighted by atomic mass is 16.5. The van der Waals surface area contributed by atoms with Crippen molar-refractivity contribution in [3.8, 4) is 11.5 Å². The summed E-state index contributed by atoms with van der Waals surface area (Å²) in [6.45, 7) is 5.65. The monoisotopic (exact) mass is 390 g/mol. The van der Waals surface area contributed by atoms with Crippen LogP contribution in [-0.2, 0) is 21.4 Å². The molecule has 0 aliphatic heterocycles. The molecule has 8 heteroatoms. The maximum Gasteiger partial charge on any atom is 0.306 e. The molecular formula is C20H26N2O6. The van der Waals surface area contributed by atoms with Crippen LogP contribution in [0.15, 0.2) is 22.7 Å². The maximum absolute atomic E-state index is 12.2. The van der Waals surface area contributed by atoms with Gasteiger partial charge < -0.3 is 18.7 Å². The number of aromatic nitrogens is 2. The molecule has 0 aliphatic carbocycles. The zero-order chi connectivity index (χ0) is 20.7. The standard InChI is InChI=1S/C20H26N2O6/c1-20(2,3)19-21-17(28-22-19)7-6-8-18(24)27-12-14(23)13-9-10-15(25-4)16(11-13)26-5/h9-11H,6-8,12H2,1-5H3. The molecule has 152 valence electrons. The smallest absolute Gasteiger partial charge is 0.306 e. The molecule has 0 saturated carbocycles. The van der Waals surface area contributed by atoms with Crippen LogP contribution in [-0.4, -0.2) is 42.7 Å². The van der Waals surface area contributed by atoms with Crippen molar-refractivity contribution in [3.05, 3.63) is 35.5 Å². The molecule has 0 unspecified atom stereocenters. The number of hydrogen-bond acceptors (Lipinski definition) is 8. The van der Waals surface area contributed by atoms with E-state index in [1.165, 1.54) is 14.2 Å². The Kier molecular flexibility index (Phi) is 7.14. The van der Waals surface area contributed by atoms with Gasteiger partial charge in [0, 0.05) is 23.8 Å². The molecule has 0 fully saturated rings. The number of esters is 1. The van der Waals surface area contributed by atoms with Crippen LogP contribution in [0.25, 0.3) is 0 Å². The van der Waals surface area contributed by atoms with Gasteiger partial charge >= 0.3 is 5.97 Å². The van der Waals surface area contributed by atoms with Gasteiger partial charge in [-0.25, -0.2) is 0 Å². The summed E-state index contributed by atoms with van der Waals surface area (Å²) >= 11 is 0. The Morgan fingerprint density at radius 1 is 1.11 bits per heavy atom. The maximum atomic E-state index is 12.2. The fraction of sp³-hybridized carbons (Fsp3) is 0.500. The second-order valence-corrected chi connectivity index (χ2v) is 7.27. The van der Waals surface area contributed by atoms with E-state index >= 15 is 0 Å².